The molecule has 1 saturated heterocycles. The first kappa shape index (κ1) is 14.2. The van der Waals surface area contributed by atoms with Crippen molar-refractivity contribution in [3.8, 4) is 0 Å². The van der Waals surface area contributed by atoms with Crippen LogP contribution in [0.25, 0.3) is 0 Å². The van der Waals surface area contributed by atoms with E-state index in [1.807, 2.05) is 24.1 Å². The monoisotopic (exact) mass is 281 g/mol. The predicted octanol–water partition coefficient (Wildman–Crippen LogP) is 0.693. The molecule has 2 rings (SSSR count). The van der Waals surface area contributed by atoms with Crippen LogP contribution in [-0.2, 0) is 4.74 Å². The zero-order valence-electron chi connectivity index (χ0n) is 11.0. The second-order valence-electron chi connectivity index (χ2n) is 4.93. The van der Waals surface area contributed by atoms with Crippen LogP contribution in [0.3, 0.4) is 0 Å². The molecule has 1 aliphatic heterocycles. The van der Waals surface area contributed by atoms with E-state index < -0.39 is 5.60 Å². The molecule has 0 atom stereocenters. The van der Waals surface area contributed by atoms with E-state index in [4.69, 9.17) is 22.7 Å². The Labute approximate surface area is 118 Å². The molecule has 1 fully saturated rings. The number of nitrogens with zero attached hydrogens (tertiary/aromatic N) is 2. The summed E-state index contributed by atoms with van der Waals surface area (Å²) in [4.78, 5) is 6.42. The van der Waals surface area contributed by atoms with Crippen molar-refractivity contribution in [3.63, 3.8) is 0 Å². The number of hydrogen-bond donors (Lipinski definition) is 2. The van der Waals surface area contributed by atoms with Gasteiger partial charge in [-0.25, -0.2) is 0 Å². The first-order valence-electron chi connectivity index (χ1n) is 6.28. The van der Waals surface area contributed by atoms with Crippen LogP contribution in [-0.4, -0.2) is 47.5 Å². The Morgan fingerprint density at radius 2 is 2.26 bits per heavy atom. The van der Waals surface area contributed by atoms with Gasteiger partial charge in [0.05, 0.1) is 11.3 Å². The largest absolute Gasteiger partial charge is 0.388 e. The van der Waals surface area contributed by atoms with Gasteiger partial charge in [-0.05, 0) is 12.1 Å². The Morgan fingerprint density at radius 3 is 2.89 bits per heavy atom. The smallest absolute Gasteiger partial charge is 0.124 e. The van der Waals surface area contributed by atoms with Crippen molar-refractivity contribution in [1.29, 1.82) is 0 Å². The summed E-state index contributed by atoms with van der Waals surface area (Å²) in [7, 11) is 1.91. The Hall–Kier alpha value is -1.24. The van der Waals surface area contributed by atoms with Gasteiger partial charge in [-0.1, -0.05) is 12.2 Å². The number of thiocarbonyl (C=S) groups is 1. The van der Waals surface area contributed by atoms with E-state index in [0.29, 0.717) is 38.3 Å². The number of likely N-dealkylation sites (N-methyl/N-ethyl adjacent to an activating group) is 1. The van der Waals surface area contributed by atoms with E-state index >= 15 is 0 Å². The van der Waals surface area contributed by atoms with Gasteiger partial charge < -0.3 is 20.5 Å². The van der Waals surface area contributed by atoms with Crippen LogP contribution in [0, 0.1) is 0 Å². The van der Waals surface area contributed by atoms with Crippen molar-refractivity contribution in [2.75, 3.05) is 31.7 Å². The van der Waals surface area contributed by atoms with E-state index in [0.717, 1.165) is 5.69 Å². The van der Waals surface area contributed by atoms with Gasteiger partial charge in [0.15, 0.2) is 0 Å². The molecule has 19 heavy (non-hydrogen) atoms. The number of nitrogens with two attached hydrogens (primary N) is 1. The normalized spacial score (nSPS) is 18.0. The van der Waals surface area contributed by atoms with E-state index in [2.05, 4.69) is 4.98 Å². The van der Waals surface area contributed by atoms with Gasteiger partial charge in [0.1, 0.15) is 10.7 Å². The van der Waals surface area contributed by atoms with E-state index in [9.17, 15) is 5.11 Å². The van der Waals surface area contributed by atoms with Gasteiger partial charge in [0, 0.05) is 45.8 Å². The Balaban J connectivity index is 2.15. The summed E-state index contributed by atoms with van der Waals surface area (Å²) in [6, 6.07) is 3.74. The fraction of sp³-hybridized carbons (Fsp3) is 0.538. The number of rotatable bonds is 4. The highest BCUT2D eigenvalue weighted by atomic mass is 32.1. The number of anilines is 1. The number of ether oxygens (including phenoxy) is 1. The standard InChI is InChI=1S/C13H19N3O2S/c1-16(9-13(17)4-7-18-8-5-13)10-3-2-6-15-11(10)12(14)19/h2-3,6,17H,4-5,7-9H2,1H3,(H2,14,19). The number of aliphatic hydroxyl groups is 1. The molecule has 2 heterocycles. The lowest BCUT2D eigenvalue weighted by molar-refractivity contribution is -0.0572. The number of hydrogen-bond acceptors (Lipinski definition) is 5. The zero-order chi connectivity index (χ0) is 13.9. The Morgan fingerprint density at radius 1 is 1.58 bits per heavy atom. The molecule has 0 bridgehead atoms. The zero-order valence-corrected chi connectivity index (χ0v) is 11.8. The molecule has 6 heteroatoms. The molecule has 0 spiro atoms. The second kappa shape index (κ2) is 5.81. The van der Waals surface area contributed by atoms with Crippen LogP contribution in [0.15, 0.2) is 18.3 Å². The average Bonchev–Trinajstić information content (AvgIpc) is 2.39. The Kier molecular flexibility index (Phi) is 4.34. The second-order valence-corrected chi connectivity index (χ2v) is 5.37. The summed E-state index contributed by atoms with van der Waals surface area (Å²) >= 11 is 5.01. The fourth-order valence-electron chi connectivity index (χ4n) is 2.33. The van der Waals surface area contributed by atoms with Crippen LogP contribution < -0.4 is 10.6 Å². The summed E-state index contributed by atoms with van der Waals surface area (Å²) in [6.45, 7) is 1.71. The molecule has 0 amide bonds. The maximum Gasteiger partial charge on any atom is 0.124 e. The lowest BCUT2D eigenvalue weighted by atomic mass is 9.93. The molecule has 5 nitrogen and oxygen atoms in total. The van der Waals surface area contributed by atoms with Crippen LogP contribution in [0.4, 0.5) is 5.69 Å². The molecule has 1 aromatic heterocycles. The van der Waals surface area contributed by atoms with Crippen LogP contribution in [0.2, 0.25) is 0 Å². The Bertz CT molecular complexity index is 461. The summed E-state index contributed by atoms with van der Waals surface area (Å²) in [6.07, 6.45) is 2.94. The maximum absolute atomic E-state index is 10.5. The van der Waals surface area contributed by atoms with Crippen LogP contribution in [0.1, 0.15) is 18.5 Å². The molecule has 104 valence electrons. The first-order chi connectivity index (χ1) is 9.02. The van der Waals surface area contributed by atoms with E-state index in [1.54, 1.807) is 6.20 Å². The van der Waals surface area contributed by atoms with Crippen molar-refractivity contribution in [2.24, 2.45) is 5.73 Å². The van der Waals surface area contributed by atoms with E-state index in [1.165, 1.54) is 0 Å². The van der Waals surface area contributed by atoms with Gasteiger partial charge >= 0.3 is 0 Å². The highest BCUT2D eigenvalue weighted by molar-refractivity contribution is 7.80. The minimum absolute atomic E-state index is 0.265. The predicted molar refractivity (Wildman–Crippen MR) is 78.4 cm³/mol. The van der Waals surface area contributed by atoms with Gasteiger partial charge in [0.2, 0.25) is 0 Å². The molecule has 3 N–H and O–H groups in total. The first-order valence-corrected chi connectivity index (χ1v) is 6.69. The third-order valence-corrected chi connectivity index (χ3v) is 3.58. The topological polar surface area (TPSA) is 71.6 Å². The van der Waals surface area contributed by atoms with Gasteiger partial charge in [-0.3, -0.25) is 4.98 Å². The minimum Gasteiger partial charge on any atom is -0.388 e. The van der Waals surface area contributed by atoms with Gasteiger partial charge in [0.25, 0.3) is 0 Å². The SMILES string of the molecule is CN(CC1(O)CCOCC1)c1cccnc1C(N)=S. The quantitative estimate of drug-likeness (QED) is 0.791. The molecular formula is C13H19N3O2S. The molecule has 0 unspecified atom stereocenters. The highest BCUT2D eigenvalue weighted by Gasteiger charge is 2.31. The van der Waals surface area contributed by atoms with Gasteiger partial charge in [-0.2, -0.15) is 0 Å². The molecule has 1 aromatic rings. The molecular weight excluding hydrogens is 262 g/mol. The number of aromatic nitrogens is 1. The lowest BCUT2D eigenvalue weighted by Gasteiger charge is -2.36. The lowest BCUT2D eigenvalue weighted by Crippen LogP contribution is -2.46. The van der Waals surface area contributed by atoms with Crippen molar-refractivity contribution in [1.82, 2.24) is 4.98 Å². The summed E-state index contributed by atoms with van der Waals surface area (Å²) in [5, 5.41) is 10.5. The van der Waals surface area contributed by atoms with Crippen LogP contribution >= 0.6 is 12.2 Å². The maximum atomic E-state index is 10.5. The summed E-state index contributed by atoms with van der Waals surface area (Å²) in [5.74, 6) is 0. The fourth-order valence-corrected chi connectivity index (χ4v) is 2.49. The average molecular weight is 281 g/mol. The van der Waals surface area contributed by atoms with Crippen molar-refractivity contribution in [2.45, 2.75) is 18.4 Å². The summed E-state index contributed by atoms with van der Waals surface area (Å²) in [5.41, 5.74) is 6.39. The van der Waals surface area contributed by atoms with Crippen molar-refractivity contribution in [3.05, 3.63) is 24.0 Å². The summed E-state index contributed by atoms with van der Waals surface area (Å²) < 4.78 is 5.28. The molecule has 0 saturated carbocycles. The highest BCUT2D eigenvalue weighted by Crippen LogP contribution is 2.25. The van der Waals surface area contributed by atoms with E-state index in [-0.39, 0.29) is 4.99 Å². The number of pyridine rings is 1. The minimum atomic E-state index is -0.726. The van der Waals surface area contributed by atoms with Crippen LogP contribution in [0.5, 0.6) is 0 Å². The molecule has 0 aromatic carbocycles. The third kappa shape index (κ3) is 3.40. The van der Waals surface area contributed by atoms with Crippen molar-refractivity contribution >= 4 is 22.9 Å². The van der Waals surface area contributed by atoms with Crippen molar-refractivity contribution < 1.29 is 9.84 Å². The molecule has 0 aliphatic carbocycles. The van der Waals surface area contributed by atoms with Gasteiger partial charge in [-0.15, -0.1) is 0 Å². The molecule has 0 radical (unpaired) electrons. The molecule has 1 aliphatic rings. The third-order valence-electron chi connectivity index (χ3n) is 3.39.